The fourth-order valence-corrected chi connectivity index (χ4v) is 3.13. The zero-order valence-corrected chi connectivity index (χ0v) is 12.2. The number of rotatable bonds is 3. The van der Waals surface area contributed by atoms with Crippen LogP contribution in [-0.4, -0.2) is 24.0 Å². The van der Waals surface area contributed by atoms with Crippen molar-refractivity contribution in [3.63, 3.8) is 0 Å². The largest absolute Gasteiger partial charge is 0.398 e. The molecule has 0 heterocycles. The Morgan fingerprint density at radius 1 is 1.21 bits per heavy atom. The smallest absolute Gasteiger partial charge is 0.360 e. The van der Waals surface area contributed by atoms with Gasteiger partial charge in [-0.25, -0.2) is 8.42 Å². The van der Waals surface area contributed by atoms with E-state index in [9.17, 15) is 13.2 Å². The van der Waals surface area contributed by atoms with E-state index < -0.39 is 26.1 Å². The molecule has 0 saturated heterocycles. The number of hydrogen-bond acceptors (Lipinski definition) is 3. The molecule has 0 fully saturated rings. The summed E-state index contributed by atoms with van der Waals surface area (Å²) in [6.45, 7) is 5.92. The first-order valence-electron chi connectivity index (χ1n) is 5.69. The van der Waals surface area contributed by atoms with Gasteiger partial charge < -0.3 is 5.53 Å². The van der Waals surface area contributed by atoms with E-state index in [2.05, 4.69) is 4.79 Å². The van der Waals surface area contributed by atoms with Crippen molar-refractivity contribution in [1.82, 2.24) is 0 Å². The highest BCUT2D eigenvalue weighted by Crippen LogP contribution is 2.25. The first-order valence-corrected chi connectivity index (χ1v) is 7.17. The maximum Gasteiger partial charge on any atom is 0.398 e. The van der Waals surface area contributed by atoms with Crippen LogP contribution in [0, 0.1) is 12.3 Å². The van der Waals surface area contributed by atoms with E-state index in [4.69, 9.17) is 5.53 Å². The van der Waals surface area contributed by atoms with E-state index in [1.807, 2.05) is 6.92 Å². The molecule has 0 aliphatic rings. The van der Waals surface area contributed by atoms with Crippen LogP contribution in [0.5, 0.6) is 0 Å². The van der Waals surface area contributed by atoms with Crippen LogP contribution < -0.4 is 0 Å². The number of aryl methyl sites for hydroxylation is 1. The minimum Gasteiger partial charge on any atom is -0.360 e. The highest BCUT2D eigenvalue weighted by Gasteiger charge is 2.47. The summed E-state index contributed by atoms with van der Waals surface area (Å²) in [6.07, 6.45) is 0. The van der Waals surface area contributed by atoms with Crippen molar-refractivity contribution in [3.05, 3.63) is 35.4 Å². The molecule has 1 rings (SSSR count). The van der Waals surface area contributed by atoms with Gasteiger partial charge in [0.05, 0.1) is 4.90 Å². The number of nitrogens with zero attached hydrogens (tertiary/aromatic N) is 2. The Bertz CT molecular complexity index is 652. The van der Waals surface area contributed by atoms with E-state index in [0.717, 1.165) is 5.56 Å². The second-order valence-corrected chi connectivity index (χ2v) is 6.77. The lowest BCUT2D eigenvalue weighted by atomic mass is 9.90. The van der Waals surface area contributed by atoms with Crippen molar-refractivity contribution < 1.29 is 18.0 Å². The minimum atomic E-state index is -3.99. The van der Waals surface area contributed by atoms with Crippen LogP contribution in [-0.2, 0) is 14.6 Å². The van der Waals surface area contributed by atoms with Gasteiger partial charge in [-0.3, -0.25) is 4.79 Å². The monoisotopic (exact) mass is 280 g/mol. The van der Waals surface area contributed by atoms with Crippen molar-refractivity contribution >= 4 is 20.7 Å². The fourth-order valence-electron chi connectivity index (χ4n) is 1.49. The maximum atomic E-state index is 12.4. The van der Waals surface area contributed by atoms with Gasteiger partial charge in [-0.15, -0.1) is 0 Å². The van der Waals surface area contributed by atoms with Crippen LogP contribution in [0.3, 0.4) is 0 Å². The van der Waals surface area contributed by atoms with Crippen LogP contribution in [0.15, 0.2) is 29.2 Å². The molecule has 0 N–H and O–H groups in total. The first-order chi connectivity index (χ1) is 8.64. The normalized spacial score (nSPS) is 11.8. The summed E-state index contributed by atoms with van der Waals surface area (Å²) in [6, 6.07) is 6.13. The lowest BCUT2D eigenvalue weighted by molar-refractivity contribution is -0.123. The Kier molecular flexibility index (Phi) is 4.08. The molecule has 0 aliphatic carbocycles. The quantitative estimate of drug-likeness (QED) is 0.367. The van der Waals surface area contributed by atoms with Gasteiger partial charge in [0, 0.05) is 0 Å². The summed E-state index contributed by atoms with van der Waals surface area (Å²) in [7, 11) is -3.99. The van der Waals surface area contributed by atoms with Gasteiger partial charge in [0.25, 0.3) is 9.84 Å². The van der Waals surface area contributed by atoms with Crippen molar-refractivity contribution in [2.24, 2.45) is 5.41 Å². The molecule has 0 aromatic heterocycles. The molecule has 0 amide bonds. The highest BCUT2D eigenvalue weighted by molar-refractivity contribution is 8.06. The molecule has 1 aromatic carbocycles. The topological polar surface area (TPSA) is 87.6 Å². The Hall–Kier alpha value is -1.78. The molecule has 19 heavy (non-hydrogen) atoms. The van der Waals surface area contributed by atoms with Crippen molar-refractivity contribution in [2.75, 3.05) is 0 Å². The Morgan fingerprint density at radius 2 is 1.68 bits per heavy atom. The third-order valence-electron chi connectivity index (χ3n) is 3.09. The summed E-state index contributed by atoms with van der Waals surface area (Å²) in [5.74, 6) is -0.393. The lowest BCUT2D eigenvalue weighted by Crippen LogP contribution is -2.38. The summed E-state index contributed by atoms with van der Waals surface area (Å²) in [5, 5.41) is -0.545. The van der Waals surface area contributed by atoms with Gasteiger partial charge in [-0.2, -0.15) is 4.79 Å². The number of sulfone groups is 1. The Morgan fingerprint density at radius 3 is 2.05 bits per heavy atom. The maximum absolute atomic E-state index is 12.4. The molecular weight excluding hydrogens is 264 g/mol. The molecule has 0 bridgehead atoms. The predicted octanol–water partition coefficient (Wildman–Crippen LogP) is 2.01. The lowest BCUT2D eigenvalue weighted by Gasteiger charge is -2.15. The molecule has 0 unspecified atom stereocenters. The number of ketones is 1. The van der Waals surface area contributed by atoms with Crippen LogP contribution >= 0.6 is 0 Å². The average Bonchev–Trinajstić information content (AvgIpc) is 2.29. The molecule has 5 nitrogen and oxygen atoms in total. The van der Waals surface area contributed by atoms with Gasteiger partial charge in [0.2, 0.25) is 0 Å². The highest BCUT2D eigenvalue weighted by atomic mass is 32.2. The average molecular weight is 280 g/mol. The standard InChI is InChI=1S/C13H16N2O3S/c1-9-5-7-11(8-6-9)19(17,18)12(15-14)13(3,4)10(2)16/h5-8H,1-4H3. The first kappa shape index (κ1) is 15.3. The fraction of sp³-hybridized carbons (Fsp3) is 0.385. The van der Waals surface area contributed by atoms with Crippen molar-refractivity contribution in [2.45, 2.75) is 32.6 Å². The summed E-state index contributed by atoms with van der Waals surface area (Å²) in [5.41, 5.74) is 8.55. The molecule has 1 aromatic rings. The number of hydrogen-bond donors (Lipinski definition) is 0. The zero-order valence-electron chi connectivity index (χ0n) is 11.3. The predicted molar refractivity (Wildman–Crippen MR) is 71.5 cm³/mol. The molecule has 0 saturated carbocycles. The van der Waals surface area contributed by atoms with E-state index in [1.54, 1.807) is 12.1 Å². The number of Topliss-reactive ketones (excluding diaryl/α,β-unsaturated/α-hetero) is 1. The van der Waals surface area contributed by atoms with E-state index in [-0.39, 0.29) is 4.90 Å². The minimum absolute atomic E-state index is 0.000208. The van der Waals surface area contributed by atoms with Crippen LogP contribution in [0.2, 0.25) is 0 Å². The van der Waals surface area contributed by atoms with E-state index in [0.29, 0.717) is 0 Å². The molecule has 0 spiro atoms. The van der Waals surface area contributed by atoms with Crippen LogP contribution in [0.4, 0.5) is 0 Å². The van der Waals surface area contributed by atoms with E-state index >= 15 is 0 Å². The Balaban J connectivity index is 3.46. The third kappa shape index (κ3) is 2.80. The number of carbonyl (C=O) groups excluding carboxylic acids is 1. The van der Waals surface area contributed by atoms with Crippen LogP contribution in [0.1, 0.15) is 26.3 Å². The summed E-state index contributed by atoms with van der Waals surface area (Å²) >= 11 is 0. The van der Waals surface area contributed by atoms with Gasteiger partial charge in [-0.05, 0) is 39.8 Å². The van der Waals surface area contributed by atoms with Gasteiger partial charge >= 0.3 is 5.04 Å². The van der Waals surface area contributed by atoms with Gasteiger partial charge in [0.1, 0.15) is 11.2 Å². The zero-order chi connectivity index (χ0) is 14.8. The van der Waals surface area contributed by atoms with E-state index in [1.165, 1.54) is 32.9 Å². The SMILES string of the molecule is CC(=O)C(C)(C)C(=[N+]=[N-])S(=O)(=O)c1ccc(C)cc1. The molecule has 102 valence electrons. The summed E-state index contributed by atoms with van der Waals surface area (Å²) < 4.78 is 24.8. The molecule has 0 radical (unpaired) electrons. The molecular formula is C13H16N2O3S. The molecule has 0 atom stereocenters. The van der Waals surface area contributed by atoms with Crippen molar-refractivity contribution in [3.8, 4) is 0 Å². The van der Waals surface area contributed by atoms with Gasteiger partial charge in [-0.1, -0.05) is 17.7 Å². The van der Waals surface area contributed by atoms with Crippen LogP contribution in [0.25, 0.3) is 5.53 Å². The second-order valence-electron chi connectivity index (χ2n) is 4.90. The number of carbonyl (C=O) groups is 1. The second kappa shape index (κ2) is 5.07. The molecule has 6 heteroatoms. The Labute approximate surface area is 112 Å². The van der Waals surface area contributed by atoms with Gasteiger partial charge in [0.15, 0.2) is 0 Å². The number of benzene rings is 1. The molecule has 0 aliphatic heterocycles. The third-order valence-corrected chi connectivity index (χ3v) is 5.09. The van der Waals surface area contributed by atoms with Crippen molar-refractivity contribution in [1.29, 1.82) is 0 Å². The summed E-state index contributed by atoms with van der Waals surface area (Å²) in [4.78, 5) is 14.4.